The van der Waals surface area contributed by atoms with Crippen LogP contribution in [-0.2, 0) is 9.53 Å². The van der Waals surface area contributed by atoms with E-state index in [-0.39, 0.29) is 29.8 Å². The Hall–Kier alpha value is -4.72. The molecule has 4 aromatic rings. The first-order valence-corrected chi connectivity index (χ1v) is 12.3. The molecule has 2 amide bonds. The Balaban J connectivity index is 1.88. The average molecular weight is 546 g/mol. The fourth-order valence-corrected chi connectivity index (χ4v) is 3.94. The first-order valence-electron chi connectivity index (χ1n) is 11.9. The molecule has 0 atom stereocenters. The SMILES string of the molecule is CCCC(=O)Nc1cccc(-c2cc(-c3ccc(Cl)cc3OCOC)nc(NC(=O)c3ccno3)c2C#N)c1. The number of aromatic nitrogens is 2. The molecule has 0 aliphatic carbocycles. The number of amides is 2. The van der Waals surface area contributed by atoms with Crippen LogP contribution in [-0.4, -0.2) is 35.9 Å². The molecule has 0 bridgehead atoms. The number of pyridine rings is 1. The zero-order valence-corrected chi connectivity index (χ0v) is 21.9. The van der Waals surface area contributed by atoms with E-state index in [2.05, 4.69) is 26.8 Å². The third-order valence-corrected chi connectivity index (χ3v) is 5.75. The molecule has 11 heteroatoms. The van der Waals surface area contributed by atoms with Gasteiger partial charge in [0, 0.05) is 41.4 Å². The lowest BCUT2D eigenvalue weighted by Gasteiger charge is -2.16. The highest BCUT2D eigenvalue weighted by atomic mass is 35.5. The van der Waals surface area contributed by atoms with E-state index >= 15 is 0 Å². The molecule has 0 unspecified atom stereocenters. The van der Waals surface area contributed by atoms with E-state index in [1.54, 1.807) is 48.5 Å². The van der Waals surface area contributed by atoms with Crippen LogP contribution in [0.15, 0.2) is 65.3 Å². The molecular formula is C28H24ClN5O5. The van der Waals surface area contributed by atoms with Crippen molar-refractivity contribution in [2.45, 2.75) is 19.8 Å². The van der Waals surface area contributed by atoms with Gasteiger partial charge in [-0.3, -0.25) is 9.59 Å². The number of anilines is 2. The number of carbonyl (C=O) groups excluding carboxylic acids is 2. The normalized spacial score (nSPS) is 10.5. The smallest absolute Gasteiger partial charge is 0.295 e. The summed E-state index contributed by atoms with van der Waals surface area (Å²) in [6.45, 7) is 1.88. The van der Waals surface area contributed by atoms with Gasteiger partial charge < -0.3 is 24.6 Å². The highest BCUT2D eigenvalue weighted by molar-refractivity contribution is 6.30. The number of benzene rings is 2. The predicted octanol–water partition coefficient (Wildman–Crippen LogP) is 5.90. The van der Waals surface area contributed by atoms with E-state index in [0.717, 1.165) is 0 Å². The number of hydrogen-bond donors (Lipinski definition) is 2. The second-order valence-corrected chi connectivity index (χ2v) is 8.73. The molecule has 0 fully saturated rings. The maximum Gasteiger partial charge on any atom is 0.295 e. The largest absolute Gasteiger partial charge is 0.467 e. The summed E-state index contributed by atoms with van der Waals surface area (Å²) < 4.78 is 15.7. The van der Waals surface area contributed by atoms with Crippen LogP contribution in [0.2, 0.25) is 5.02 Å². The Labute approximate surface area is 229 Å². The number of methoxy groups -OCH3 is 1. The summed E-state index contributed by atoms with van der Waals surface area (Å²) in [5.41, 5.74) is 2.69. The number of hydrogen-bond acceptors (Lipinski definition) is 8. The van der Waals surface area contributed by atoms with Gasteiger partial charge in [-0.25, -0.2) is 4.98 Å². The van der Waals surface area contributed by atoms with E-state index < -0.39 is 5.91 Å². The van der Waals surface area contributed by atoms with Crippen molar-refractivity contribution in [1.82, 2.24) is 10.1 Å². The summed E-state index contributed by atoms with van der Waals surface area (Å²) in [5, 5.41) is 19.7. The van der Waals surface area contributed by atoms with Gasteiger partial charge in [0.25, 0.3) is 5.91 Å². The molecule has 2 aromatic carbocycles. The molecule has 2 N–H and O–H groups in total. The fraction of sp³-hybridized carbons (Fsp3) is 0.179. The van der Waals surface area contributed by atoms with Crippen LogP contribution in [0.5, 0.6) is 5.75 Å². The minimum absolute atomic E-state index is 0.000497. The number of rotatable bonds is 10. The molecule has 10 nitrogen and oxygen atoms in total. The van der Waals surface area contributed by atoms with Gasteiger partial charge in [0.15, 0.2) is 12.6 Å². The number of ether oxygens (including phenoxy) is 2. The van der Waals surface area contributed by atoms with Gasteiger partial charge in [-0.1, -0.05) is 35.8 Å². The summed E-state index contributed by atoms with van der Waals surface area (Å²) in [5.74, 6) is -0.414. The van der Waals surface area contributed by atoms with Crippen molar-refractivity contribution in [3.05, 3.63) is 77.1 Å². The molecule has 0 radical (unpaired) electrons. The molecule has 39 heavy (non-hydrogen) atoms. The summed E-state index contributed by atoms with van der Waals surface area (Å²) in [7, 11) is 1.49. The fourth-order valence-electron chi connectivity index (χ4n) is 3.78. The maximum absolute atomic E-state index is 12.8. The standard InChI is InChI=1S/C28H24ClN5O5/c1-3-5-26(35)32-19-7-4-6-17(12-19)21-14-23(20-9-8-18(29)13-25(20)38-16-37-2)33-27(22(21)15-30)34-28(36)24-10-11-31-39-24/h4,6-14H,3,5,16H2,1-2H3,(H,32,35)(H,33,34,36). The Morgan fingerprint density at radius 1 is 1.10 bits per heavy atom. The van der Waals surface area contributed by atoms with E-state index in [1.165, 1.54) is 19.4 Å². The zero-order valence-electron chi connectivity index (χ0n) is 21.2. The van der Waals surface area contributed by atoms with E-state index in [4.69, 9.17) is 25.6 Å². The van der Waals surface area contributed by atoms with Crippen LogP contribution >= 0.6 is 11.6 Å². The summed E-state index contributed by atoms with van der Waals surface area (Å²) in [4.78, 5) is 29.6. The van der Waals surface area contributed by atoms with Gasteiger partial charge >= 0.3 is 0 Å². The molecule has 198 valence electrons. The van der Waals surface area contributed by atoms with Crippen LogP contribution in [0, 0.1) is 11.3 Å². The summed E-state index contributed by atoms with van der Waals surface area (Å²) in [6.07, 6.45) is 2.42. The van der Waals surface area contributed by atoms with Crippen LogP contribution in [0.25, 0.3) is 22.4 Å². The molecule has 2 aromatic heterocycles. The molecule has 0 spiro atoms. The van der Waals surface area contributed by atoms with Crippen molar-refractivity contribution in [2.75, 3.05) is 24.5 Å². The van der Waals surface area contributed by atoms with E-state index in [0.29, 0.717) is 51.7 Å². The molecule has 0 saturated carbocycles. The topological polar surface area (TPSA) is 139 Å². The second kappa shape index (κ2) is 12.7. The second-order valence-electron chi connectivity index (χ2n) is 8.29. The van der Waals surface area contributed by atoms with Gasteiger partial charge in [0.1, 0.15) is 17.4 Å². The predicted molar refractivity (Wildman–Crippen MR) is 145 cm³/mol. The van der Waals surface area contributed by atoms with Crippen molar-refractivity contribution in [3.8, 4) is 34.2 Å². The van der Waals surface area contributed by atoms with Gasteiger partial charge in [-0.2, -0.15) is 5.26 Å². The number of nitrogens with one attached hydrogen (secondary N) is 2. The zero-order chi connectivity index (χ0) is 27.8. The first-order chi connectivity index (χ1) is 18.9. The summed E-state index contributed by atoms with van der Waals surface area (Å²) >= 11 is 6.20. The molecule has 0 aliphatic rings. The minimum Gasteiger partial charge on any atom is -0.467 e. The van der Waals surface area contributed by atoms with Crippen LogP contribution in [0.1, 0.15) is 35.9 Å². The quantitative estimate of drug-likeness (QED) is 0.235. The van der Waals surface area contributed by atoms with Gasteiger partial charge in [-0.05, 0) is 48.4 Å². The van der Waals surface area contributed by atoms with Crippen molar-refractivity contribution in [2.24, 2.45) is 0 Å². The minimum atomic E-state index is -0.632. The first kappa shape index (κ1) is 27.3. The van der Waals surface area contributed by atoms with Crippen molar-refractivity contribution in [1.29, 1.82) is 5.26 Å². The Morgan fingerprint density at radius 2 is 1.95 bits per heavy atom. The van der Waals surface area contributed by atoms with Crippen LogP contribution in [0.4, 0.5) is 11.5 Å². The molecule has 4 rings (SSSR count). The van der Waals surface area contributed by atoms with Crippen LogP contribution < -0.4 is 15.4 Å². The highest BCUT2D eigenvalue weighted by Gasteiger charge is 2.21. The monoisotopic (exact) mass is 545 g/mol. The molecule has 0 aliphatic heterocycles. The molecule has 0 saturated heterocycles. The number of nitrogens with zero attached hydrogens (tertiary/aromatic N) is 3. The lowest BCUT2D eigenvalue weighted by molar-refractivity contribution is -0.116. The van der Waals surface area contributed by atoms with E-state index in [9.17, 15) is 14.9 Å². The lowest BCUT2D eigenvalue weighted by Crippen LogP contribution is -2.14. The van der Waals surface area contributed by atoms with Gasteiger partial charge in [0.05, 0.1) is 11.9 Å². The third-order valence-electron chi connectivity index (χ3n) is 5.51. The Morgan fingerprint density at radius 3 is 2.67 bits per heavy atom. The Bertz CT molecular complexity index is 1530. The number of halogens is 1. The van der Waals surface area contributed by atoms with E-state index in [1.807, 2.05) is 6.92 Å². The van der Waals surface area contributed by atoms with Crippen molar-refractivity contribution in [3.63, 3.8) is 0 Å². The van der Waals surface area contributed by atoms with Gasteiger partial charge in [0.2, 0.25) is 11.7 Å². The number of carbonyl (C=O) groups is 2. The van der Waals surface area contributed by atoms with Gasteiger partial charge in [-0.15, -0.1) is 0 Å². The number of nitriles is 1. The highest BCUT2D eigenvalue weighted by Crippen LogP contribution is 2.37. The molecular weight excluding hydrogens is 522 g/mol. The lowest BCUT2D eigenvalue weighted by atomic mass is 9.97. The van der Waals surface area contributed by atoms with Crippen molar-refractivity contribution < 1.29 is 23.6 Å². The van der Waals surface area contributed by atoms with Crippen molar-refractivity contribution >= 4 is 34.9 Å². The maximum atomic E-state index is 12.8. The Kier molecular flexibility index (Phi) is 8.89. The average Bonchev–Trinajstić information content (AvgIpc) is 3.47. The summed E-state index contributed by atoms with van der Waals surface area (Å²) in [6, 6.07) is 17.3. The molecule has 2 heterocycles. The third kappa shape index (κ3) is 6.59. The van der Waals surface area contributed by atoms with Crippen LogP contribution in [0.3, 0.4) is 0 Å².